The Bertz CT molecular complexity index is 482. The Morgan fingerprint density at radius 3 is 2.79 bits per heavy atom. The fourth-order valence-electron chi connectivity index (χ4n) is 1.61. The topological polar surface area (TPSA) is 83.5 Å². The number of sulfonamides is 1. The fourth-order valence-corrected chi connectivity index (χ4v) is 3.70. The Hall–Kier alpha value is -0.920. The average molecular weight is 305 g/mol. The fraction of sp³-hybridized carbons (Fsp3) is 0.583. The third-order valence-corrected chi connectivity index (χ3v) is 4.98. The van der Waals surface area contributed by atoms with Gasteiger partial charge in [0.2, 0.25) is 10.0 Å². The van der Waals surface area contributed by atoms with Crippen LogP contribution in [-0.4, -0.2) is 31.3 Å². The lowest BCUT2D eigenvalue weighted by Gasteiger charge is -2.14. The van der Waals surface area contributed by atoms with Gasteiger partial charge in [0.1, 0.15) is 6.04 Å². The number of aryl methyl sites for hydroxylation is 1. The molecular weight excluding hydrogens is 286 g/mol. The van der Waals surface area contributed by atoms with Gasteiger partial charge in [-0.25, -0.2) is 13.1 Å². The van der Waals surface area contributed by atoms with Crippen LogP contribution in [0.4, 0.5) is 0 Å². The summed E-state index contributed by atoms with van der Waals surface area (Å²) in [5.74, 6) is -1.20. The van der Waals surface area contributed by atoms with Gasteiger partial charge in [-0.15, -0.1) is 11.3 Å². The molecule has 0 aromatic carbocycles. The molecular formula is C12H19NO4S2. The number of hydrogen-bond donors (Lipinski definition) is 2. The van der Waals surface area contributed by atoms with Gasteiger partial charge in [-0.1, -0.05) is 25.8 Å². The molecule has 2 N–H and O–H groups in total. The Labute approximate surface area is 117 Å². The summed E-state index contributed by atoms with van der Waals surface area (Å²) in [6, 6.07) is 2.71. The second-order valence-corrected chi connectivity index (χ2v) is 7.20. The summed E-state index contributed by atoms with van der Waals surface area (Å²) in [5, 5.41) is 10.9. The lowest BCUT2D eigenvalue weighted by molar-refractivity contribution is -0.139. The Morgan fingerprint density at radius 2 is 2.26 bits per heavy atom. The SMILES string of the molecule is CCCCC(NS(=O)(=O)CCc1cccs1)C(=O)O. The lowest BCUT2D eigenvalue weighted by Crippen LogP contribution is -2.42. The zero-order chi connectivity index (χ0) is 14.3. The van der Waals surface area contributed by atoms with Crippen molar-refractivity contribution in [3.05, 3.63) is 22.4 Å². The van der Waals surface area contributed by atoms with Gasteiger partial charge >= 0.3 is 5.97 Å². The van der Waals surface area contributed by atoms with E-state index in [-0.39, 0.29) is 5.75 Å². The molecule has 19 heavy (non-hydrogen) atoms. The molecule has 0 amide bonds. The minimum Gasteiger partial charge on any atom is -0.480 e. The van der Waals surface area contributed by atoms with Gasteiger partial charge in [0.25, 0.3) is 0 Å². The van der Waals surface area contributed by atoms with Crippen molar-refractivity contribution in [3.63, 3.8) is 0 Å². The summed E-state index contributed by atoms with van der Waals surface area (Å²) in [5.41, 5.74) is 0. The van der Waals surface area contributed by atoms with E-state index in [2.05, 4.69) is 4.72 Å². The molecule has 0 saturated carbocycles. The van der Waals surface area contributed by atoms with Crippen LogP contribution in [0.3, 0.4) is 0 Å². The van der Waals surface area contributed by atoms with Gasteiger partial charge in [-0.3, -0.25) is 4.79 Å². The molecule has 0 spiro atoms. The maximum atomic E-state index is 11.8. The van der Waals surface area contributed by atoms with Gasteiger partial charge < -0.3 is 5.11 Å². The van der Waals surface area contributed by atoms with Crippen LogP contribution in [0.2, 0.25) is 0 Å². The second-order valence-electron chi connectivity index (χ2n) is 4.30. The largest absolute Gasteiger partial charge is 0.480 e. The van der Waals surface area contributed by atoms with Crippen LogP contribution >= 0.6 is 11.3 Å². The second kappa shape index (κ2) is 7.62. The highest BCUT2D eigenvalue weighted by atomic mass is 32.2. The molecule has 0 radical (unpaired) electrons. The highest BCUT2D eigenvalue weighted by Gasteiger charge is 2.23. The van der Waals surface area contributed by atoms with E-state index in [1.54, 1.807) is 0 Å². The highest BCUT2D eigenvalue weighted by Crippen LogP contribution is 2.10. The van der Waals surface area contributed by atoms with Gasteiger partial charge in [-0.2, -0.15) is 0 Å². The molecule has 1 aromatic heterocycles. The van der Waals surface area contributed by atoms with Crippen molar-refractivity contribution in [3.8, 4) is 0 Å². The molecule has 5 nitrogen and oxygen atoms in total. The number of hydrogen-bond acceptors (Lipinski definition) is 4. The molecule has 0 aliphatic rings. The normalized spacial score (nSPS) is 13.3. The number of aliphatic carboxylic acids is 1. The zero-order valence-corrected chi connectivity index (χ0v) is 12.5. The van der Waals surface area contributed by atoms with Crippen LogP contribution in [-0.2, 0) is 21.2 Å². The molecule has 7 heteroatoms. The quantitative estimate of drug-likeness (QED) is 0.729. The minimum atomic E-state index is -3.56. The molecule has 108 valence electrons. The highest BCUT2D eigenvalue weighted by molar-refractivity contribution is 7.89. The molecule has 0 bridgehead atoms. The van der Waals surface area contributed by atoms with Crippen molar-refractivity contribution < 1.29 is 18.3 Å². The first-order chi connectivity index (χ1) is 8.94. The molecule has 0 fully saturated rings. The molecule has 1 aromatic rings. The summed E-state index contributed by atoms with van der Waals surface area (Å²) in [6.45, 7) is 1.93. The summed E-state index contributed by atoms with van der Waals surface area (Å²) < 4.78 is 25.9. The molecule has 0 aliphatic heterocycles. The van der Waals surface area contributed by atoms with Crippen molar-refractivity contribution in [2.75, 3.05) is 5.75 Å². The van der Waals surface area contributed by atoms with E-state index in [4.69, 9.17) is 5.11 Å². The number of unbranched alkanes of at least 4 members (excludes halogenated alkanes) is 1. The van der Waals surface area contributed by atoms with E-state index in [0.29, 0.717) is 19.3 Å². The van der Waals surface area contributed by atoms with E-state index in [1.165, 1.54) is 11.3 Å². The first-order valence-corrected chi connectivity index (χ1v) is 8.73. The van der Waals surface area contributed by atoms with E-state index in [9.17, 15) is 13.2 Å². The number of rotatable bonds is 9. The Morgan fingerprint density at radius 1 is 1.53 bits per heavy atom. The lowest BCUT2D eigenvalue weighted by atomic mass is 10.1. The first-order valence-electron chi connectivity index (χ1n) is 6.20. The maximum absolute atomic E-state index is 11.8. The molecule has 1 rings (SSSR count). The average Bonchev–Trinajstić information content (AvgIpc) is 2.85. The van der Waals surface area contributed by atoms with Gasteiger partial charge in [0.15, 0.2) is 0 Å². The van der Waals surface area contributed by atoms with E-state index in [0.717, 1.165) is 11.3 Å². The number of thiophene rings is 1. The molecule has 1 unspecified atom stereocenters. The summed E-state index contributed by atoms with van der Waals surface area (Å²) >= 11 is 1.49. The van der Waals surface area contributed by atoms with Crippen LogP contribution < -0.4 is 4.72 Å². The first kappa shape index (κ1) is 16.1. The van der Waals surface area contributed by atoms with Crippen LogP contribution in [0.15, 0.2) is 17.5 Å². The van der Waals surface area contributed by atoms with Gasteiger partial charge in [-0.05, 0) is 24.3 Å². The van der Waals surface area contributed by atoms with Crippen molar-refractivity contribution in [2.24, 2.45) is 0 Å². The summed E-state index contributed by atoms with van der Waals surface area (Å²) in [6.07, 6.45) is 2.25. The Kier molecular flexibility index (Phi) is 6.47. The van der Waals surface area contributed by atoms with Crippen LogP contribution in [0.5, 0.6) is 0 Å². The van der Waals surface area contributed by atoms with Crippen molar-refractivity contribution in [1.29, 1.82) is 0 Å². The predicted octanol–water partition coefficient (Wildman–Crippen LogP) is 1.85. The standard InChI is InChI=1S/C12H19NO4S2/c1-2-3-6-11(12(14)15)13-19(16,17)9-7-10-5-4-8-18-10/h4-5,8,11,13H,2-3,6-7,9H2,1H3,(H,14,15). The van der Waals surface area contributed by atoms with E-state index >= 15 is 0 Å². The molecule has 1 atom stereocenters. The molecule has 0 aliphatic carbocycles. The number of nitrogens with one attached hydrogen (secondary N) is 1. The predicted molar refractivity (Wildman–Crippen MR) is 75.9 cm³/mol. The third-order valence-electron chi connectivity index (χ3n) is 2.66. The molecule has 0 saturated heterocycles. The number of carboxylic acids is 1. The van der Waals surface area contributed by atoms with E-state index < -0.39 is 22.0 Å². The Balaban J connectivity index is 2.53. The molecule has 1 heterocycles. The van der Waals surface area contributed by atoms with E-state index in [1.807, 2.05) is 24.4 Å². The minimum absolute atomic E-state index is 0.0799. The summed E-state index contributed by atoms with van der Waals surface area (Å²) in [7, 11) is -3.56. The third kappa shape index (κ3) is 6.17. The van der Waals surface area contributed by atoms with Crippen LogP contribution in [0.1, 0.15) is 31.1 Å². The van der Waals surface area contributed by atoms with Crippen molar-refractivity contribution in [1.82, 2.24) is 4.72 Å². The van der Waals surface area contributed by atoms with Crippen molar-refractivity contribution in [2.45, 2.75) is 38.6 Å². The van der Waals surface area contributed by atoms with Gasteiger partial charge in [0, 0.05) is 4.88 Å². The number of carbonyl (C=O) groups is 1. The van der Waals surface area contributed by atoms with Gasteiger partial charge in [0.05, 0.1) is 5.75 Å². The maximum Gasteiger partial charge on any atom is 0.321 e. The van der Waals surface area contributed by atoms with Crippen LogP contribution in [0.25, 0.3) is 0 Å². The monoisotopic (exact) mass is 305 g/mol. The van der Waals surface area contributed by atoms with Crippen LogP contribution in [0, 0.1) is 0 Å². The zero-order valence-electron chi connectivity index (χ0n) is 10.8. The smallest absolute Gasteiger partial charge is 0.321 e. The van der Waals surface area contributed by atoms with Crippen molar-refractivity contribution >= 4 is 27.3 Å². The summed E-state index contributed by atoms with van der Waals surface area (Å²) in [4.78, 5) is 12.0. The number of carboxylic acid groups (broad SMARTS) is 1.